The highest BCUT2D eigenvalue weighted by Crippen LogP contribution is 2.44. The van der Waals surface area contributed by atoms with E-state index in [9.17, 15) is 14.7 Å². The summed E-state index contributed by atoms with van der Waals surface area (Å²) in [6, 6.07) is 15.0. The maximum atomic E-state index is 13.0. The van der Waals surface area contributed by atoms with Gasteiger partial charge in [0, 0.05) is 26.8 Å². The molecule has 1 saturated heterocycles. The largest absolute Gasteiger partial charge is 0.507 e. The Labute approximate surface area is 187 Å². The minimum atomic E-state index is -0.986. The molecule has 1 fully saturated rings. The van der Waals surface area contributed by atoms with Gasteiger partial charge in [-0.1, -0.05) is 46.9 Å². The summed E-state index contributed by atoms with van der Waals surface area (Å²) in [4.78, 5) is 31.4. The zero-order chi connectivity index (χ0) is 21.4. The van der Waals surface area contributed by atoms with Crippen LogP contribution >= 0.6 is 34.8 Å². The fraction of sp³-hybridized carbons (Fsp3) is 0.0455. The van der Waals surface area contributed by atoms with Gasteiger partial charge in [0.25, 0.3) is 5.78 Å². The van der Waals surface area contributed by atoms with E-state index in [1.165, 1.54) is 17.2 Å². The molecule has 1 aliphatic heterocycles. The molecule has 1 atom stereocenters. The van der Waals surface area contributed by atoms with Gasteiger partial charge >= 0.3 is 5.91 Å². The number of carbonyl (C=O) groups is 2. The van der Waals surface area contributed by atoms with E-state index in [4.69, 9.17) is 34.8 Å². The molecule has 3 aromatic rings. The molecule has 1 aromatic heterocycles. The Balaban J connectivity index is 1.98. The molecule has 8 heteroatoms. The average Bonchev–Trinajstić information content (AvgIpc) is 2.99. The van der Waals surface area contributed by atoms with Crippen LogP contribution in [0.4, 0.5) is 5.82 Å². The molecule has 0 aliphatic carbocycles. The molecule has 0 radical (unpaired) electrons. The summed E-state index contributed by atoms with van der Waals surface area (Å²) in [5, 5.41) is 12.1. The number of carbonyl (C=O) groups excluding carboxylic acids is 2. The van der Waals surface area contributed by atoms with Crippen LogP contribution < -0.4 is 4.90 Å². The number of anilines is 1. The highest BCUT2D eigenvalue weighted by Gasteiger charge is 2.48. The second kappa shape index (κ2) is 8.11. The van der Waals surface area contributed by atoms with E-state index in [1.807, 2.05) is 0 Å². The Morgan fingerprint density at radius 1 is 0.933 bits per heavy atom. The fourth-order valence-electron chi connectivity index (χ4n) is 3.35. The van der Waals surface area contributed by atoms with Gasteiger partial charge in [0.2, 0.25) is 0 Å². The first-order valence-electron chi connectivity index (χ1n) is 8.81. The Morgan fingerprint density at radius 3 is 2.27 bits per heavy atom. The maximum absolute atomic E-state index is 13.0. The van der Waals surface area contributed by atoms with Crippen LogP contribution in [0.1, 0.15) is 17.2 Å². The lowest BCUT2D eigenvalue weighted by Gasteiger charge is -2.25. The van der Waals surface area contributed by atoms with Crippen LogP contribution in [0, 0.1) is 0 Å². The summed E-state index contributed by atoms with van der Waals surface area (Å²) < 4.78 is 0. The summed E-state index contributed by atoms with van der Waals surface area (Å²) in [6.07, 6.45) is 1.51. The van der Waals surface area contributed by atoms with E-state index in [0.29, 0.717) is 21.2 Å². The number of ketones is 1. The maximum Gasteiger partial charge on any atom is 0.301 e. The summed E-state index contributed by atoms with van der Waals surface area (Å²) in [5.41, 5.74) is 0.673. The summed E-state index contributed by atoms with van der Waals surface area (Å²) in [5.74, 6) is -1.74. The molecular formula is C22H13Cl3N2O3. The number of aliphatic hydroxyl groups is 1. The van der Waals surface area contributed by atoms with Crippen LogP contribution in [0.25, 0.3) is 5.76 Å². The lowest BCUT2D eigenvalue weighted by atomic mass is 9.95. The topological polar surface area (TPSA) is 70.5 Å². The van der Waals surface area contributed by atoms with Gasteiger partial charge in [-0.05, 0) is 54.1 Å². The molecule has 1 aliphatic rings. The molecule has 0 saturated carbocycles. The van der Waals surface area contributed by atoms with Gasteiger partial charge in [-0.2, -0.15) is 0 Å². The van der Waals surface area contributed by atoms with Crippen LogP contribution in [0.2, 0.25) is 15.1 Å². The van der Waals surface area contributed by atoms with Crippen LogP contribution in [-0.4, -0.2) is 21.8 Å². The van der Waals surface area contributed by atoms with Crippen molar-refractivity contribution in [3.63, 3.8) is 0 Å². The summed E-state index contributed by atoms with van der Waals surface area (Å²) in [6.45, 7) is 0. The molecule has 0 unspecified atom stereocenters. The van der Waals surface area contributed by atoms with Crippen molar-refractivity contribution >= 4 is 58.1 Å². The molecule has 30 heavy (non-hydrogen) atoms. The van der Waals surface area contributed by atoms with E-state index in [2.05, 4.69) is 4.98 Å². The van der Waals surface area contributed by atoms with Crippen molar-refractivity contribution in [3.05, 3.63) is 98.6 Å². The molecule has 0 spiro atoms. The second-order valence-electron chi connectivity index (χ2n) is 6.53. The zero-order valence-electron chi connectivity index (χ0n) is 15.2. The van der Waals surface area contributed by atoms with E-state index in [1.54, 1.807) is 54.6 Å². The Morgan fingerprint density at radius 2 is 1.63 bits per heavy atom. The number of halogens is 3. The fourth-order valence-corrected chi connectivity index (χ4v) is 3.98. The van der Waals surface area contributed by atoms with Gasteiger partial charge in [0.15, 0.2) is 0 Å². The third-order valence-corrected chi connectivity index (χ3v) is 5.53. The van der Waals surface area contributed by atoms with Crippen molar-refractivity contribution < 1.29 is 14.7 Å². The number of pyridine rings is 1. The van der Waals surface area contributed by atoms with Crippen LogP contribution in [0.3, 0.4) is 0 Å². The highest BCUT2D eigenvalue weighted by atomic mass is 35.5. The molecule has 1 N–H and O–H groups in total. The number of aromatic nitrogens is 1. The van der Waals surface area contributed by atoms with E-state index in [-0.39, 0.29) is 22.2 Å². The number of nitrogens with zero attached hydrogens (tertiary/aromatic N) is 2. The number of Topliss-reactive ketones (excluding diaryl/α,β-unsaturated/α-hetero) is 1. The number of hydrogen-bond acceptors (Lipinski definition) is 4. The monoisotopic (exact) mass is 458 g/mol. The van der Waals surface area contributed by atoms with Gasteiger partial charge in [0.1, 0.15) is 11.6 Å². The van der Waals surface area contributed by atoms with E-state index < -0.39 is 17.7 Å². The first kappa shape index (κ1) is 20.4. The molecule has 5 nitrogen and oxygen atoms in total. The third kappa shape index (κ3) is 3.56. The molecule has 1 amide bonds. The van der Waals surface area contributed by atoms with Crippen molar-refractivity contribution in [1.29, 1.82) is 0 Å². The number of benzene rings is 2. The molecule has 2 aromatic carbocycles. The SMILES string of the molecule is O=C1C(=O)N(c2ccccn2)[C@@H](c2ccc(Cl)cc2Cl)C1=C(O)c1ccc(Cl)cc1. The second-order valence-corrected chi connectivity index (χ2v) is 7.81. The van der Waals surface area contributed by atoms with E-state index in [0.717, 1.165) is 0 Å². The van der Waals surface area contributed by atoms with Gasteiger partial charge in [0.05, 0.1) is 11.6 Å². The molecular weight excluding hydrogens is 447 g/mol. The first-order valence-corrected chi connectivity index (χ1v) is 9.95. The zero-order valence-corrected chi connectivity index (χ0v) is 17.5. The Bertz CT molecular complexity index is 1180. The lowest BCUT2D eigenvalue weighted by Crippen LogP contribution is -2.30. The third-order valence-electron chi connectivity index (χ3n) is 4.72. The number of hydrogen-bond donors (Lipinski definition) is 1. The van der Waals surface area contributed by atoms with Gasteiger partial charge in [-0.25, -0.2) is 4.98 Å². The van der Waals surface area contributed by atoms with Gasteiger partial charge < -0.3 is 5.11 Å². The standard InChI is InChI=1S/C22H13Cl3N2O3/c23-13-6-4-12(5-7-13)20(28)18-19(15-9-8-14(24)11-16(15)25)27(22(30)21(18)29)17-3-1-2-10-26-17/h1-11,19,28H/t19-/m0/s1. The smallest absolute Gasteiger partial charge is 0.301 e. The molecule has 150 valence electrons. The average molecular weight is 460 g/mol. The minimum Gasteiger partial charge on any atom is -0.507 e. The normalized spacial score (nSPS) is 18.1. The van der Waals surface area contributed by atoms with Gasteiger partial charge in [-0.15, -0.1) is 0 Å². The van der Waals surface area contributed by atoms with Gasteiger partial charge in [-0.3, -0.25) is 14.5 Å². The van der Waals surface area contributed by atoms with Crippen molar-refractivity contribution in [2.24, 2.45) is 0 Å². The predicted octanol–water partition coefficient (Wildman–Crippen LogP) is 5.67. The highest BCUT2D eigenvalue weighted by molar-refractivity contribution is 6.52. The first-order chi connectivity index (χ1) is 14.4. The molecule has 0 bridgehead atoms. The quantitative estimate of drug-likeness (QED) is 0.311. The predicted molar refractivity (Wildman–Crippen MR) is 117 cm³/mol. The number of aliphatic hydroxyl groups excluding tert-OH is 1. The minimum absolute atomic E-state index is 0.0998. The van der Waals surface area contributed by atoms with Crippen LogP contribution in [-0.2, 0) is 9.59 Å². The summed E-state index contributed by atoms with van der Waals surface area (Å²) >= 11 is 18.4. The van der Waals surface area contributed by atoms with Crippen molar-refractivity contribution in [1.82, 2.24) is 4.98 Å². The van der Waals surface area contributed by atoms with Crippen LogP contribution in [0.15, 0.2) is 72.4 Å². The Kier molecular flexibility index (Phi) is 5.52. The van der Waals surface area contributed by atoms with Crippen molar-refractivity contribution in [2.75, 3.05) is 4.90 Å². The van der Waals surface area contributed by atoms with Crippen LogP contribution in [0.5, 0.6) is 0 Å². The Hall–Kier alpha value is -2.86. The van der Waals surface area contributed by atoms with Crippen molar-refractivity contribution in [2.45, 2.75) is 6.04 Å². The number of amides is 1. The van der Waals surface area contributed by atoms with E-state index >= 15 is 0 Å². The molecule has 4 rings (SSSR count). The molecule has 2 heterocycles. The summed E-state index contributed by atoms with van der Waals surface area (Å²) in [7, 11) is 0. The lowest BCUT2D eigenvalue weighted by molar-refractivity contribution is -0.132. The number of rotatable bonds is 3. The van der Waals surface area contributed by atoms with Crippen molar-refractivity contribution in [3.8, 4) is 0 Å².